The van der Waals surface area contributed by atoms with E-state index in [-0.39, 0.29) is 24.2 Å². The molecule has 3 saturated heterocycles. The van der Waals surface area contributed by atoms with Crippen molar-refractivity contribution in [3.05, 3.63) is 23.8 Å². The smallest absolute Gasteiger partial charge is 0.298 e. The van der Waals surface area contributed by atoms with Gasteiger partial charge in [-0.05, 0) is 58.7 Å². The maximum atomic E-state index is 13.2. The second-order valence-corrected chi connectivity index (χ2v) is 9.36. The average molecular weight is 413 g/mol. The van der Waals surface area contributed by atoms with Crippen molar-refractivity contribution in [1.82, 2.24) is 15.2 Å². The van der Waals surface area contributed by atoms with Crippen LogP contribution in [0.4, 0.5) is 6.01 Å². The Hall–Kier alpha value is -2.12. The molecule has 0 saturated carbocycles. The van der Waals surface area contributed by atoms with Gasteiger partial charge in [0.05, 0.1) is 17.8 Å². The van der Waals surface area contributed by atoms with Crippen molar-refractivity contribution in [3.8, 4) is 0 Å². The summed E-state index contributed by atoms with van der Waals surface area (Å²) < 4.78 is 11.9. The van der Waals surface area contributed by atoms with Gasteiger partial charge in [-0.25, -0.2) is 0 Å². The number of aromatic nitrogens is 1. The molecule has 162 valence electrons. The van der Waals surface area contributed by atoms with Crippen LogP contribution in [0.2, 0.25) is 0 Å². The Morgan fingerprint density at radius 3 is 2.53 bits per heavy atom. The fourth-order valence-corrected chi connectivity index (χ4v) is 5.59. The van der Waals surface area contributed by atoms with E-state index in [0.29, 0.717) is 34.8 Å². The van der Waals surface area contributed by atoms with Crippen LogP contribution in [-0.4, -0.2) is 66.3 Å². The summed E-state index contributed by atoms with van der Waals surface area (Å²) in [5.74, 6) is -0.0446. The number of carbonyl (C=O) groups excluding carboxylic acids is 1. The first-order chi connectivity index (χ1) is 14.5. The average Bonchev–Trinajstić information content (AvgIpc) is 3.12. The zero-order valence-corrected chi connectivity index (χ0v) is 18.1. The van der Waals surface area contributed by atoms with Gasteiger partial charge >= 0.3 is 0 Å². The number of hydrogen-bond donors (Lipinski definition) is 1. The molecule has 3 fully saturated rings. The molecule has 2 aromatic rings. The third-order valence-corrected chi connectivity index (χ3v) is 7.02. The summed E-state index contributed by atoms with van der Waals surface area (Å²) in [7, 11) is 2.23. The first-order valence-electron chi connectivity index (χ1n) is 11.3. The van der Waals surface area contributed by atoms with Crippen LogP contribution in [0.25, 0.3) is 11.1 Å². The standard InChI is InChI=1S/C23H32N4O3/c1-14-12-27(13-15(2)29-14)23-25-21-19(8-5-9-20(21)30-23)22(28)24-16-10-17-6-4-7-18(11-16)26(17)3/h5,8-9,14-18H,4,6-7,10-13H2,1-3H3,(H,24,28)/t14-,15+,16?,17-,18+. The Morgan fingerprint density at radius 2 is 1.83 bits per heavy atom. The van der Waals surface area contributed by atoms with Crippen molar-refractivity contribution in [3.63, 3.8) is 0 Å². The number of ether oxygens (including phenoxy) is 1. The molecule has 7 heteroatoms. The van der Waals surface area contributed by atoms with Crippen molar-refractivity contribution < 1.29 is 13.9 Å². The van der Waals surface area contributed by atoms with Gasteiger partial charge in [-0.3, -0.25) is 4.79 Å². The molecule has 0 spiro atoms. The Balaban J connectivity index is 1.35. The molecule has 0 aliphatic carbocycles. The molecule has 1 unspecified atom stereocenters. The summed E-state index contributed by atoms with van der Waals surface area (Å²) in [6.45, 7) is 5.58. The minimum absolute atomic E-state index is 0.0446. The maximum absolute atomic E-state index is 13.2. The highest BCUT2D eigenvalue weighted by Gasteiger charge is 2.36. The van der Waals surface area contributed by atoms with Gasteiger partial charge in [0.25, 0.3) is 11.9 Å². The van der Waals surface area contributed by atoms with E-state index in [1.54, 1.807) is 0 Å². The number of fused-ring (bicyclic) bond motifs is 3. The van der Waals surface area contributed by atoms with E-state index in [0.717, 1.165) is 25.9 Å². The number of rotatable bonds is 3. The van der Waals surface area contributed by atoms with Crippen molar-refractivity contribution in [2.75, 3.05) is 25.0 Å². The summed E-state index contributed by atoms with van der Waals surface area (Å²) in [5.41, 5.74) is 1.90. The number of nitrogens with zero attached hydrogens (tertiary/aromatic N) is 3. The molecular formula is C23H32N4O3. The lowest BCUT2D eigenvalue weighted by atomic mass is 9.82. The van der Waals surface area contributed by atoms with Gasteiger partial charge in [0.2, 0.25) is 0 Å². The number of carbonyl (C=O) groups is 1. The first-order valence-corrected chi connectivity index (χ1v) is 11.3. The van der Waals surface area contributed by atoms with E-state index in [1.807, 2.05) is 18.2 Å². The lowest BCUT2D eigenvalue weighted by Gasteiger charge is -2.47. The van der Waals surface area contributed by atoms with Gasteiger partial charge in [0.15, 0.2) is 5.58 Å². The summed E-state index contributed by atoms with van der Waals surface area (Å²) in [5, 5.41) is 3.30. The number of hydrogen-bond acceptors (Lipinski definition) is 6. The lowest BCUT2D eigenvalue weighted by Crippen LogP contribution is -2.55. The Bertz CT molecular complexity index is 904. The summed E-state index contributed by atoms with van der Waals surface area (Å²) in [6, 6.07) is 7.58. The number of anilines is 1. The van der Waals surface area contributed by atoms with Gasteiger partial charge < -0.3 is 24.3 Å². The Labute approximate surface area is 177 Å². The number of benzene rings is 1. The monoisotopic (exact) mass is 412 g/mol. The number of piperidine rings is 2. The normalized spacial score (nSPS) is 32.4. The molecule has 4 heterocycles. The van der Waals surface area contributed by atoms with E-state index in [9.17, 15) is 4.79 Å². The quantitative estimate of drug-likeness (QED) is 0.835. The fraction of sp³-hybridized carbons (Fsp3) is 0.652. The van der Waals surface area contributed by atoms with E-state index in [1.165, 1.54) is 19.3 Å². The van der Waals surface area contributed by atoms with Gasteiger partial charge in [-0.1, -0.05) is 12.5 Å². The largest absolute Gasteiger partial charge is 0.423 e. The van der Waals surface area contributed by atoms with E-state index in [2.05, 4.69) is 36.0 Å². The van der Waals surface area contributed by atoms with Crippen LogP contribution < -0.4 is 10.2 Å². The molecule has 0 radical (unpaired) electrons. The number of amides is 1. The summed E-state index contributed by atoms with van der Waals surface area (Å²) in [4.78, 5) is 22.5. The molecule has 1 N–H and O–H groups in total. The predicted octanol–water partition coefficient (Wildman–Crippen LogP) is 3.19. The minimum Gasteiger partial charge on any atom is -0.423 e. The first kappa shape index (κ1) is 19.8. The van der Waals surface area contributed by atoms with Crippen LogP contribution in [0.3, 0.4) is 0 Å². The van der Waals surface area contributed by atoms with Crippen LogP contribution in [-0.2, 0) is 4.74 Å². The molecule has 1 amide bonds. The van der Waals surface area contributed by atoms with Crippen LogP contribution in [0, 0.1) is 0 Å². The van der Waals surface area contributed by atoms with Crippen molar-refractivity contribution in [1.29, 1.82) is 0 Å². The van der Waals surface area contributed by atoms with Crippen LogP contribution in [0.5, 0.6) is 0 Å². The second kappa shape index (κ2) is 7.85. The molecule has 5 rings (SSSR count). The Morgan fingerprint density at radius 1 is 1.13 bits per heavy atom. The van der Waals surface area contributed by atoms with Gasteiger partial charge in [0.1, 0.15) is 5.52 Å². The van der Waals surface area contributed by atoms with Crippen molar-refractivity contribution in [2.45, 2.75) is 76.3 Å². The SMILES string of the molecule is C[C@@H]1CN(c2nc3c(C(=O)NC4C[C@H]5CCC[C@@H](C4)N5C)cccc3o2)C[C@H](C)O1. The highest BCUT2D eigenvalue weighted by molar-refractivity contribution is 6.04. The Kier molecular flexibility index (Phi) is 5.19. The van der Waals surface area contributed by atoms with Crippen LogP contribution >= 0.6 is 0 Å². The van der Waals surface area contributed by atoms with Gasteiger partial charge in [0, 0.05) is 31.2 Å². The molecule has 7 nitrogen and oxygen atoms in total. The topological polar surface area (TPSA) is 70.8 Å². The molecule has 30 heavy (non-hydrogen) atoms. The fourth-order valence-electron chi connectivity index (χ4n) is 5.59. The van der Waals surface area contributed by atoms with E-state index >= 15 is 0 Å². The van der Waals surface area contributed by atoms with Crippen molar-refractivity contribution in [2.24, 2.45) is 0 Å². The number of oxazole rings is 1. The van der Waals surface area contributed by atoms with Gasteiger partial charge in [-0.15, -0.1) is 0 Å². The van der Waals surface area contributed by atoms with Crippen LogP contribution in [0.1, 0.15) is 56.3 Å². The second-order valence-electron chi connectivity index (χ2n) is 9.36. The maximum Gasteiger partial charge on any atom is 0.298 e. The zero-order valence-electron chi connectivity index (χ0n) is 18.1. The zero-order chi connectivity index (χ0) is 20.8. The van der Waals surface area contributed by atoms with Crippen molar-refractivity contribution >= 4 is 23.0 Å². The van der Waals surface area contributed by atoms with Crippen LogP contribution in [0.15, 0.2) is 22.6 Å². The van der Waals surface area contributed by atoms with Gasteiger partial charge in [-0.2, -0.15) is 4.98 Å². The highest BCUT2D eigenvalue weighted by atomic mass is 16.5. The summed E-state index contributed by atoms with van der Waals surface area (Å²) in [6.07, 6.45) is 6.08. The lowest BCUT2D eigenvalue weighted by molar-refractivity contribution is -0.00662. The molecular weight excluding hydrogens is 380 g/mol. The highest BCUT2D eigenvalue weighted by Crippen LogP contribution is 2.33. The number of para-hydroxylation sites is 1. The minimum atomic E-state index is -0.0446. The van der Waals surface area contributed by atoms with E-state index < -0.39 is 0 Å². The molecule has 3 aliphatic rings. The molecule has 3 aliphatic heterocycles. The molecule has 1 aromatic carbocycles. The predicted molar refractivity (Wildman–Crippen MR) is 116 cm³/mol. The van der Waals surface area contributed by atoms with E-state index in [4.69, 9.17) is 14.1 Å². The third-order valence-electron chi connectivity index (χ3n) is 7.02. The number of morpholine rings is 1. The molecule has 1 aromatic heterocycles. The number of nitrogens with one attached hydrogen (secondary N) is 1. The molecule has 2 bridgehead atoms. The molecule has 5 atom stereocenters. The third kappa shape index (κ3) is 3.69. The summed E-state index contributed by atoms with van der Waals surface area (Å²) >= 11 is 0.